The molecule has 1 aliphatic heterocycles. The van der Waals surface area contributed by atoms with Gasteiger partial charge in [0.1, 0.15) is 16.4 Å². The Morgan fingerprint density at radius 3 is 2.69 bits per heavy atom. The lowest BCUT2D eigenvalue weighted by Gasteiger charge is -2.10. The third-order valence-electron chi connectivity index (χ3n) is 4.15. The highest BCUT2D eigenvalue weighted by Crippen LogP contribution is 2.28. The molecular formula is C17H17F2N3O3S. The number of anilines is 1. The number of carbonyl (C=O) groups excluding carboxylic acids is 1. The summed E-state index contributed by atoms with van der Waals surface area (Å²) >= 11 is 0. The number of nitrogens with one attached hydrogen (secondary N) is 2. The molecule has 1 aromatic heterocycles. The molecule has 0 bridgehead atoms. The Balaban J connectivity index is 2.06. The van der Waals surface area contributed by atoms with Gasteiger partial charge in [-0.15, -0.1) is 0 Å². The summed E-state index contributed by atoms with van der Waals surface area (Å²) in [5.41, 5.74) is -0.136. The third-order valence-corrected chi connectivity index (χ3v) is 5.74. The topological polar surface area (TPSA) is 80.2 Å². The molecule has 1 amide bonds. The Kier molecular flexibility index (Phi) is 4.45. The molecule has 9 heteroatoms. The molecule has 1 aliphatic rings. The van der Waals surface area contributed by atoms with E-state index in [4.69, 9.17) is 0 Å². The van der Waals surface area contributed by atoms with Gasteiger partial charge in [-0.25, -0.2) is 21.9 Å². The maximum Gasteiger partial charge on any atom is 0.273 e. The molecule has 0 saturated carbocycles. The van der Waals surface area contributed by atoms with E-state index in [1.54, 1.807) is 19.1 Å². The van der Waals surface area contributed by atoms with Crippen LogP contribution in [0.2, 0.25) is 0 Å². The first-order valence-corrected chi connectivity index (χ1v) is 9.26. The van der Waals surface area contributed by atoms with Crippen LogP contribution in [0.1, 0.15) is 28.5 Å². The summed E-state index contributed by atoms with van der Waals surface area (Å²) in [6.07, 6.45) is 4.47. The number of fused-ring (bicyclic) bond motifs is 1. The van der Waals surface area contributed by atoms with Crippen LogP contribution in [0.5, 0.6) is 0 Å². The number of hydrogen-bond donors (Lipinski definition) is 2. The molecule has 1 atom stereocenters. The summed E-state index contributed by atoms with van der Waals surface area (Å²) in [5.74, 6) is -2.30. The summed E-state index contributed by atoms with van der Waals surface area (Å²) < 4.78 is 56.1. The fourth-order valence-corrected chi connectivity index (χ4v) is 4.25. The van der Waals surface area contributed by atoms with Gasteiger partial charge in [0.25, 0.3) is 5.91 Å². The zero-order valence-corrected chi connectivity index (χ0v) is 15.1. The monoisotopic (exact) mass is 381 g/mol. The Labute approximate surface area is 149 Å². The Morgan fingerprint density at radius 1 is 1.31 bits per heavy atom. The van der Waals surface area contributed by atoms with Crippen LogP contribution in [0.3, 0.4) is 0 Å². The lowest BCUT2D eigenvalue weighted by Crippen LogP contribution is -2.30. The summed E-state index contributed by atoms with van der Waals surface area (Å²) in [5, 5.41) is 2.38. The summed E-state index contributed by atoms with van der Waals surface area (Å²) in [6, 6.07) is 1.73. The van der Waals surface area contributed by atoms with Crippen LogP contribution in [0.15, 0.2) is 29.3 Å². The van der Waals surface area contributed by atoms with Gasteiger partial charge in [-0.2, -0.15) is 0 Å². The summed E-state index contributed by atoms with van der Waals surface area (Å²) in [4.78, 5) is 12.6. The number of aromatic nitrogens is 1. The molecule has 2 aromatic rings. The van der Waals surface area contributed by atoms with Gasteiger partial charge in [0.05, 0.1) is 5.69 Å². The summed E-state index contributed by atoms with van der Waals surface area (Å²) in [7, 11) is -2.28. The molecule has 3 rings (SSSR count). The fourth-order valence-electron chi connectivity index (χ4n) is 2.80. The van der Waals surface area contributed by atoms with Crippen LogP contribution >= 0.6 is 0 Å². The van der Waals surface area contributed by atoms with E-state index in [1.807, 2.05) is 0 Å². The van der Waals surface area contributed by atoms with E-state index in [0.717, 1.165) is 12.1 Å². The van der Waals surface area contributed by atoms with Crippen LogP contribution in [0.4, 0.5) is 14.5 Å². The molecule has 1 aromatic carbocycles. The van der Waals surface area contributed by atoms with E-state index in [2.05, 4.69) is 10.0 Å². The SMILES string of the molecule is Cc1c(F)ccc(NC(=O)c2c3c(cn2C)S(=O)(=O)N[C@@H](C)C=C3)c1F. The van der Waals surface area contributed by atoms with Gasteiger partial charge in [-0.05, 0) is 26.0 Å². The average Bonchev–Trinajstić information content (AvgIpc) is 2.85. The van der Waals surface area contributed by atoms with Gasteiger partial charge in [-0.3, -0.25) is 4.79 Å². The van der Waals surface area contributed by atoms with Crippen LogP contribution in [0.25, 0.3) is 6.08 Å². The number of rotatable bonds is 2. The zero-order valence-electron chi connectivity index (χ0n) is 14.3. The van der Waals surface area contributed by atoms with Crippen molar-refractivity contribution in [3.05, 3.63) is 52.9 Å². The molecule has 0 saturated heterocycles. The number of sulfonamides is 1. The normalized spacial score (nSPS) is 18.3. The number of nitrogens with zero attached hydrogens (tertiary/aromatic N) is 1. The van der Waals surface area contributed by atoms with Crippen molar-refractivity contribution < 1.29 is 22.0 Å². The minimum atomic E-state index is -3.79. The van der Waals surface area contributed by atoms with Crippen molar-refractivity contribution in [2.24, 2.45) is 7.05 Å². The van der Waals surface area contributed by atoms with Crippen molar-refractivity contribution in [3.8, 4) is 0 Å². The lowest BCUT2D eigenvalue weighted by molar-refractivity contribution is 0.101. The van der Waals surface area contributed by atoms with Gasteiger partial charge >= 0.3 is 0 Å². The predicted molar refractivity (Wildman–Crippen MR) is 93.3 cm³/mol. The molecule has 6 nitrogen and oxygen atoms in total. The Hall–Kier alpha value is -2.52. The summed E-state index contributed by atoms with van der Waals surface area (Å²) in [6.45, 7) is 2.92. The molecule has 0 radical (unpaired) electrons. The quantitative estimate of drug-likeness (QED) is 0.839. The Morgan fingerprint density at radius 2 is 2.00 bits per heavy atom. The van der Waals surface area contributed by atoms with E-state index in [0.29, 0.717) is 0 Å². The standard InChI is InChI=1S/C17H17F2N3O3S/c1-9-4-5-11-14(26(24,25)21-9)8-22(3)16(11)17(23)20-13-7-6-12(18)10(2)15(13)19/h4-9,21H,1-3H3,(H,20,23)/t9-/m0/s1. The number of hydrogen-bond acceptors (Lipinski definition) is 3. The molecule has 2 heterocycles. The first-order chi connectivity index (χ1) is 12.1. The maximum absolute atomic E-state index is 14.2. The van der Waals surface area contributed by atoms with E-state index < -0.39 is 33.6 Å². The number of halogens is 2. The minimum absolute atomic E-state index is 0.0403. The predicted octanol–water partition coefficient (Wildman–Crippen LogP) is 2.56. The second kappa shape index (κ2) is 6.33. The lowest BCUT2D eigenvalue weighted by atomic mass is 10.1. The van der Waals surface area contributed by atoms with Gasteiger partial charge in [0.2, 0.25) is 10.0 Å². The first-order valence-electron chi connectivity index (χ1n) is 7.77. The van der Waals surface area contributed by atoms with Crippen LogP contribution in [-0.2, 0) is 17.1 Å². The number of aryl methyl sites for hydroxylation is 1. The molecule has 0 fully saturated rings. The first kappa shape index (κ1) is 18.3. The highest BCUT2D eigenvalue weighted by molar-refractivity contribution is 7.89. The maximum atomic E-state index is 14.2. The fraction of sp³-hybridized carbons (Fsp3) is 0.235. The van der Waals surface area contributed by atoms with Crippen molar-refractivity contribution in [2.75, 3.05) is 5.32 Å². The van der Waals surface area contributed by atoms with Crippen molar-refractivity contribution in [2.45, 2.75) is 24.8 Å². The molecule has 0 aliphatic carbocycles. The smallest absolute Gasteiger partial charge is 0.273 e. The number of carbonyl (C=O) groups is 1. The highest BCUT2D eigenvalue weighted by Gasteiger charge is 2.29. The molecular weight excluding hydrogens is 364 g/mol. The largest absolute Gasteiger partial charge is 0.345 e. The molecule has 26 heavy (non-hydrogen) atoms. The van der Waals surface area contributed by atoms with E-state index in [1.165, 1.54) is 24.7 Å². The van der Waals surface area contributed by atoms with Crippen LogP contribution < -0.4 is 10.0 Å². The van der Waals surface area contributed by atoms with Crippen molar-refractivity contribution in [3.63, 3.8) is 0 Å². The Bertz CT molecular complexity index is 1040. The molecule has 2 N–H and O–H groups in total. The number of benzene rings is 1. The molecule has 0 spiro atoms. The minimum Gasteiger partial charge on any atom is -0.345 e. The third kappa shape index (κ3) is 3.04. The van der Waals surface area contributed by atoms with Gasteiger partial charge in [0, 0.05) is 30.4 Å². The molecule has 0 unspecified atom stereocenters. The van der Waals surface area contributed by atoms with Gasteiger partial charge in [0.15, 0.2) is 5.82 Å². The zero-order chi connectivity index (χ0) is 19.2. The van der Waals surface area contributed by atoms with Crippen LogP contribution in [0, 0.1) is 18.6 Å². The highest BCUT2D eigenvalue weighted by atomic mass is 32.2. The van der Waals surface area contributed by atoms with E-state index in [9.17, 15) is 22.0 Å². The second-order valence-electron chi connectivity index (χ2n) is 6.12. The van der Waals surface area contributed by atoms with E-state index in [-0.39, 0.29) is 27.4 Å². The van der Waals surface area contributed by atoms with E-state index >= 15 is 0 Å². The van der Waals surface area contributed by atoms with Crippen molar-refractivity contribution in [1.29, 1.82) is 0 Å². The second-order valence-corrected chi connectivity index (χ2v) is 7.81. The van der Waals surface area contributed by atoms with Gasteiger partial charge < -0.3 is 9.88 Å². The van der Waals surface area contributed by atoms with Crippen LogP contribution in [-0.4, -0.2) is 24.9 Å². The number of amides is 1. The van der Waals surface area contributed by atoms with Gasteiger partial charge in [-0.1, -0.05) is 12.2 Å². The molecule has 138 valence electrons. The van der Waals surface area contributed by atoms with Crippen molar-refractivity contribution in [1.82, 2.24) is 9.29 Å². The average molecular weight is 381 g/mol. The van der Waals surface area contributed by atoms with Crippen molar-refractivity contribution >= 4 is 27.7 Å².